The van der Waals surface area contributed by atoms with E-state index >= 15 is 0 Å². The molecule has 0 spiro atoms. The number of halogens is 1. The number of thiocarbonyl (C=S) groups is 6. The lowest BCUT2D eigenvalue weighted by molar-refractivity contribution is -0.0526. The first-order valence-corrected chi connectivity index (χ1v) is 48.4. The molecule has 6 unspecified atom stereocenters. The van der Waals surface area contributed by atoms with Crippen molar-refractivity contribution in [3.8, 4) is 17.2 Å². The topological polar surface area (TPSA) is 269 Å². The molecule has 6 aliphatic rings. The molecule has 8 aromatic carbocycles. The molecule has 6 aliphatic heterocycles. The van der Waals surface area contributed by atoms with Crippen LogP contribution in [0, 0.1) is 0 Å². The molecule has 0 aliphatic carbocycles. The van der Waals surface area contributed by atoms with Crippen molar-refractivity contribution in [2.45, 2.75) is 73.6 Å². The number of rotatable bonds is 18. The first-order chi connectivity index (χ1) is 61.3. The summed E-state index contributed by atoms with van der Waals surface area (Å²) in [6.07, 6.45) is 15.9. The van der Waals surface area contributed by atoms with Crippen molar-refractivity contribution < 1.29 is 46.0 Å². The zero-order valence-corrected chi connectivity index (χ0v) is 78.3. The second kappa shape index (κ2) is 42.6. The van der Waals surface area contributed by atoms with E-state index in [9.17, 15) is 46.0 Å². The first kappa shape index (κ1) is 93.9. The number of aromatic hydroxyl groups is 3. The van der Waals surface area contributed by atoms with Gasteiger partial charge in [-0.15, -0.1) is 0 Å². The van der Waals surface area contributed by atoms with Gasteiger partial charge in [-0.1, -0.05) is 325 Å². The van der Waals surface area contributed by atoms with Gasteiger partial charge in [0.15, 0.2) is 34.3 Å². The van der Waals surface area contributed by atoms with Gasteiger partial charge in [-0.25, -0.2) is 0 Å². The van der Waals surface area contributed by atoms with E-state index in [1.165, 1.54) is 82.0 Å². The molecule has 13 aromatic rings. The molecular weight excluding hydrogens is 1850 g/mol. The first-order valence-electron chi connectivity index (χ1n) is 39.7. The minimum absolute atomic E-state index is 0.00612. The lowest BCUT2D eigenvalue weighted by Crippen LogP contribution is -2.44. The molecule has 0 amide bonds. The summed E-state index contributed by atoms with van der Waals surface area (Å²) in [4.78, 5) is 30.5. The number of aromatic amines is 1. The third kappa shape index (κ3) is 22.3. The Morgan fingerprint density at radius 3 is 0.992 bits per heavy atom. The van der Waals surface area contributed by atoms with Gasteiger partial charge in [0.1, 0.15) is 43.2 Å². The Morgan fingerprint density at radius 1 is 0.299 bits per heavy atom. The van der Waals surface area contributed by atoms with Gasteiger partial charge in [-0.3, -0.25) is 19.9 Å². The Balaban J connectivity index is 0.000000124. The fraction of sp³-hybridized carbons (Fsp3) is 0.191. The number of nitrogens with one attached hydrogen (secondary N) is 1. The molecule has 127 heavy (non-hydrogen) atoms. The molecule has 10 N–H and O–H groups in total. The molecule has 20 nitrogen and oxygen atoms in total. The number of H-pyrrole nitrogens is 1. The molecule has 0 radical (unpaired) electrons. The summed E-state index contributed by atoms with van der Waals surface area (Å²) in [5.41, 5.74) is 4.72. The quantitative estimate of drug-likeness (QED) is 0.0358. The maximum atomic E-state index is 11.2. The summed E-state index contributed by atoms with van der Waals surface area (Å²) in [5.74, 6) is 3.17. The highest BCUT2D eigenvalue weighted by Gasteiger charge is 2.50. The number of phenols is 3. The van der Waals surface area contributed by atoms with Gasteiger partial charge < -0.3 is 80.3 Å². The Bertz CT molecular complexity index is 5760. The van der Waals surface area contributed by atoms with Crippen LogP contribution in [0.15, 0.2) is 317 Å². The van der Waals surface area contributed by atoms with Crippen LogP contribution in [0.3, 0.4) is 0 Å². The van der Waals surface area contributed by atoms with E-state index in [1.807, 2.05) is 202 Å². The van der Waals surface area contributed by atoms with Crippen molar-refractivity contribution >= 4 is 192 Å². The standard InChI is InChI=1S/C18H16N2OS2.C16H15NO2S2.C15H13ClN2O2S2.C15H14N2O2S2.2C15H14N2OS2/c21-18(15-4-2-1-3-5-15)12-23-17(22)20(18)11-13-6-7-16-14(10-13)8-9-19-16;18-14-8-4-7-13(9-14)16(19)11-21-15(20)17(16)10-12-5-2-1-3-6-12;16-11-3-4-13(19)12(6-11)15(20)9-22-14(21)18(15)8-10-2-1-5-17-7-10;18-13-5-1-4-12(7-13)15(19)10-21-14(20)17(15)9-11-3-2-6-16-8-11;18-15(13-6-2-1-3-7-13)11-20-14(19)17(15)10-12-5-4-8-16-9-12;18-15(13-4-2-1-3-5-13)11-20-14(19)17(15)10-12-6-8-16-9-7-12/h1-10,19,21H,11-12H2;1-9,18-19H,10-11H2;1-7,19-20H,8-9H2;1-8,18-19H,9-10H2;2*1-9,18H,10-11H2. The third-order valence-electron chi connectivity index (χ3n) is 21.5. The van der Waals surface area contributed by atoms with Crippen LogP contribution in [0.5, 0.6) is 17.2 Å². The molecular formula is C94H86ClN11O9S12. The van der Waals surface area contributed by atoms with E-state index in [4.69, 9.17) is 84.9 Å². The molecule has 33 heteroatoms. The van der Waals surface area contributed by atoms with Crippen LogP contribution in [-0.2, 0) is 73.6 Å². The summed E-state index contributed by atoms with van der Waals surface area (Å²) < 4.78 is 4.08. The van der Waals surface area contributed by atoms with Gasteiger partial charge in [-0.05, 0) is 130 Å². The van der Waals surface area contributed by atoms with Crippen molar-refractivity contribution in [3.05, 3.63) is 388 Å². The highest BCUT2D eigenvalue weighted by molar-refractivity contribution is 8.25. The van der Waals surface area contributed by atoms with Crippen LogP contribution in [0.4, 0.5) is 0 Å². The van der Waals surface area contributed by atoms with Crippen LogP contribution >= 0.6 is 155 Å². The molecule has 6 atom stereocenters. The lowest BCUT2D eigenvalue weighted by atomic mass is 10.0. The normalized spacial score (nSPS) is 21.8. The SMILES string of the molecule is OC1(c2ccccc2)CSC(=S)N1Cc1ccc2[nH]ccc2c1.OC1(c2ccccc2)CSC(=S)N1Cc1cccnc1.OC1(c2ccccc2)CSC(=S)N1Cc1ccncc1.Oc1ccc(Cl)cc1C1(O)CSC(=S)N1Cc1cccnc1.Oc1cccc(C2(O)CSC(=S)N2Cc2ccccc2)c1.Oc1cccc(C2(O)CSC(=S)N2Cc2cccnc2)c1. The van der Waals surface area contributed by atoms with E-state index in [-0.39, 0.29) is 17.2 Å². The number of fused-ring (bicyclic) bond motifs is 1. The maximum Gasteiger partial charge on any atom is 0.179 e. The monoisotopic (exact) mass is 1930 g/mol. The summed E-state index contributed by atoms with van der Waals surface area (Å²) >= 11 is 47.2. The number of nitrogens with zero attached hydrogens (tertiary/aromatic N) is 10. The molecule has 6 fully saturated rings. The maximum absolute atomic E-state index is 11.2. The van der Waals surface area contributed by atoms with Crippen LogP contribution < -0.4 is 0 Å². The molecule has 650 valence electrons. The van der Waals surface area contributed by atoms with Crippen LogP contribution in [0.2, 0.25) is 5.02 Å². The zero-order chi connectivity index (χ0) is 89.4. The number of hydrogen-bond donors (Lipinski definition) is 10. The number of thioether (sulfide) groups is 6. The minimum Gasteiger partial charge on any atom is -0.508 e. The van der Waals surface area contributed by atoms with Crippen molar-refractivity contribution in [1.29, 1.82) is 0 Å². The predicted octanol–water partition coefficient (Wildman–Crippen LogP) is 18.0. The smallest absolute Gasteiger partial charge is 0.179 e. The molecule has 0 bridgehead atoms. The van der Waals surface area contributed by atoms with Gasteiger partial charge in [0.25, 0.3) is 0 Å². The fourth-order valence-electron chi connectivity index (χ4n) is 14.7. The highest BCUT2D eigenvalue weighted by Crippen LogP contribution is 2.48. The molecule has 11 heterocycles. The predicted molar refractivity (Wildman–Crippen MR) is 537 cm³/mol. The van der Waals surface area contributed by atoms with Crippen LogP contribution in [0.1, 0.15) is 66.8 Å². The number of phenolic OH excluding ortho intramolecular Hbond substituents is 3. The van der Waals surface area contributed by atoms with E-state index < -0.39 is 34.3 Å². The van der Waals surface area contributed by atoms with Crippen LogP contribution in [-0.4, -0.2) is 161 Å². The summed E-state index contributed by atoms with van der Waals surface area (Å²) in [5, 5.41) is 97.7. The second-order valence-corrected chi connectivity index (χ2v) is 40.0. The fourth-order valence-corrected chi connectivity index (χ4v) is 23.3. The summed E-state index contributed by atoms with van der Waals surface area (Å²) in [6, 6.07) is 80.7. The van der Waals surface area contributed by atoms with Crippen molar-refractivity contribution in [2.24, 2.45) is 0 Å². The summed E-state index contributed by atoms with van der Waals surface area (Å²) in [6.45, 7) is 3.16. The largest absolute Gasteiger partial charge is 0.508 e. The average Bonchev–Trinajstić information content (AvgIpc) is 1.66. The summed E-state index contributed by atoms with van der Waals surface area (Å²) in [7, 11) is 0. The van der Waals surface area contributed by atoms with Gasteiger partial charge >= 0.3 is 0 Å². The van der Waals surface area contributed by atoms with E-state index in [2.05, 4.69) is 49.2 Å². The molecule has 6 saturated heterocycles. The van der Waals surface area contributed by atoms with Crippen molar-refractivity contribution in [2.75, 3.05) is 34.5 Å². The Labute approximate surface area is 798 Å². The number of aliphatic hydroxyl groups is 6. The van der Waals surface area contributed by atoms with Gasteiger partial charge in [0.05, 0.1) is 34.5 Å². The zero-order valence-electron chi connectivity index (χ0n) is 67.8. The number of hydrogen-bond acceptors (Lipinski definition) is 25. The highest BCUT2D eigenvalue weighted by atomic mass is 35.5. The van der Waals surface area contributed by atoms with E-state index in [0.717, 1.165) is 68.5 Å². The Hall–Kier alpha value is -9.21. The minimum atomic E-state index is -1.40. The molecule has 5 aromatic heterocycles. The number of aromatic nitrogens is 5. The molecule has 0 saturated carbocycles. The van der Waals surface area contributed by atoms with E-state index in [1.54, 1.807) is 114 Å². The van der Waals surface area contributed by atoms with Crippen molar-refractivity contribution in [1.82, 2.24) is 54.3 Å². The van der Waals surface area contributed by atoms with Crippen LogP contribution in [0.25, 0.3) is 10.9 Å². The second-order valence-electron chi connectivity index (χ2n) is 29.9. The van der Waals surface area contributed by atoms with Crippen molar-refractivity contribution in [3.63, 3.8) is 0 Å². The van der Waals surface area contributed by atoms with Gasteiger partial charge in [0.2, 0.25) is 0 Å². The number of pyridine rings is 4. The van der Waals surface area contributed by atoms with Gasteiger partial charge in [-0.2, -0.15) is 0 Å². The average molecular weight is 1930 g/mol. The lowest BCUT2D eigenvalue weighted by Gasteiger charge is -2.34. The Morgan fingerprint density at radius 2 is 0.622 bits per heavy atom. The van der Waals surface area contributed by atoms with E-state index in [0.29, 0.717) is 108 Å². The molecule has 19 rings (SSSR count). The van der Waals surface area contributed by atoms with Gasteiger partial charge in [0, 0.05) is 139 Å². The third-order valence-corrected chi connectivity index (χ3v) is 31.3. The Kier molecular flexibility index (Phi) is 31.5. The number of benzene rings is 8.